The fourth-order valence-electron chi connectivity index (χ4n) is 2.12. The molecule has 0 bridgehead atoms. The van der Waals surface area contributed by atoms with E-state index < -0.39 is 0 Å². The highest BCUT2D eigenvalue weighted by atomic mass is 16.3. The summed E-state index contributed by atoms with van der Waals surface area (Å²) in [6.45, 7) is 1.74. The van der Waals surface area contributed by atoms with E-state index in [9.17, 15) is 0 Å². The molecule has 0 unspecified atom stereocenters. The molecule has 2 aromatic rings. The van der Waals surface area contributed by atoms with Crippen LogP contribution in [0.3, 0.4) is 0 Å². The van der Waals surface area contributed by atoms with Crippen LogP contribution in [0.2, 0.25) is 0 Å². The maximum atomic E-state index is 9.05. The Kier molecular flexibility index (Phi) is 2.78. The Morgan fingerprint density at radius 3 is 3.06 bits per heavy atom. The van der Waals surface area contributed by atoms with Gasteiger partial charge in [-0.05, 0) is 18.9 Å². The average molecular weight is 232 g/mol. The molecule has 0 radical (unpaired) electrons. The highest BCUT2D eigenvalue weighted by Crippen LogP contribution is 2.27. The van der Waals surface area contributed by atoms with Crippen molar-refractivity contribution in [1.82, 2.24) is 19.3 Å². The van der Waals surface area contributed by atoms with Crippen molar-refractivity contribution in [2.75, 3.05) is 13.2 Å². The first-order chi connectivity index (χ1) is 8.36. The summed E-state index contributed by atoms with van der Waals surface area (Å²) in [6.07, 6.45) is 8.19. The Labute approximate surface area is 99.7 Å². The van der Waals surface area contributed by atoms with E-state index in [0.717, 1.165) is 24.6 Å². The zero-order chi connectivity index (χ0) is 11.7. The molecule has 90 valence electrons. The molecule has 0 aliphatic heterocycles. The van der Waals surface area contributed by atoms with Gasteiger partial charge in [0.2, 0.25) is 5.78 Å². The Hall–Kier alpha value is -1.46. The van der Waals surface area contributed by atoms with Crippen LogP contribution >= 0.6 is 0 Å². The van der Waals surface area contributed by atoms with Crippen LogP contribution in [0.25, 0.3) is 5.78 Å². The van der Waals surface area contributed by atoms with Gasteiger partial charge in [-0.25, -0.2) is 9.97 Å². The van der Waals surface area contributed by atoms with Gasteiger partial charge in [0.05, 0.1) is 12.3 Å². The molecule has 0 aromatic carbocycles. The lowest BCUT2D eigenvalue weighted by Crippen LogP contribution is -2.28. The van der Waals surface area contributed by atoms with E-state index in [-0.39, 0.29) is 6.61 Å². The Morgan fingerprint density at radius 2 is 2.35 bits per heavy atom. The fraction of sp³-hybridized carbons (Fsp3) is 0.500. The van der Waals surface area contributed by atoms with Crippen LogP contribution in [0.1, 0.15) is 18.5 Å². The van der Waals surface area contributed by atoms with Crippen LogP contribution in [0.15, 0.2) is 24.7 Å². The molecule has 1 aliphatic carbocycles. The monoisotopic (exact) mass is 232 g/mol. The van der Waals surface area contributed by atoms with Crippen LogP contribution < -0.4 is 0 Å². The smallest absolute Gasteiger partial charge is 0.233 e. The summed E-state index contributed by atoms with van der Waals surface area (Å²) in [4.78, 5) is 11.0. The molecule has 3 rings (SSSR count). The van der Waals surface area contributed by atoms with Crippen molar-refractivity contribution in [2.24, 2.45) is 0 Å². The molecule has 1 saturated carbocycles. The highest BCUT2D eigenvalue weighted by Gasteiger charge is 2.28. The normalized spacial score (nSPS) is 15.9. The lowest BCUT2D eigenvalue weighted by Gasteiger charge is -2.19. The van der Waals surface area contributed by atoms with Gasteiger partial charge in [-0.3, -0.25) is 9.30 Å². The predicted molar refractivity (Wildman–Crippen MR) is 63.5 cm³/mol. The molecule has 5 heteroatoms. The molecular weight excluding hydrogens is 216 g/mol. The number of hydrogen-bond donors (Lipinski definition) is 1. The highest BCUT2D eigenvalue weighted by molar-refractivity contribution is 5.29. The standard InChI is InChI=1S/C12H16N4O/c17-7-6-15(11-2-3-11)8-10-9-16-5-1-4-13-12(16)14-10/h1,4-5,9,11,17H,2-3,6-8H2. The molecule has 0 amide bonds. The predicted octanol–water partition coefficient (Wildman–Crippen LogP) is 0.686. The molecule has 0 spiro atoms. The van der Waals surface area contributed by atoms with E-state index in [4.69, 9.17) is 5.11 Å². The van der Waals surface area contributed by atoms with Crippen molar-refractivity contribution in [1.29, 1.82) is 0 Å². The Morgan fingerprint density at radius 1 is 1.47 bits per heavy atom. The Bertz CT molecular complexity index is 473. The number of hydrogen-bond acceptors (Lipinski definition) is 4. The van der Waals surface area contributed by atoms with Gasteiger partial charge in [0.1, 0.15) is 0 Å². The van der Waals surface area contributed by atoms with E-state index >= 15 is 0 Å². The zero-order valence-corrected chi connectivity index (χ0v) is 9.66. The molecule has 2 aromatic heterocycles. The van der Waals surface area contributed by atoms with Gasteiger partial charge in [0.15, 0.2) is 0 Å². The van der Waals surface area contributed by atoms with Gasteiger partial charge >= 0.3 is 0 Å². The van der Waals surface area contributed by atoms with Gasteiger partial charge in [-0.15, -0.1) is 0 Å². The maximum absolute atomic E-state index is 9.05. The molecule has 5 nitrogen and oxygen atoms in total. The summed E-state index contributed by atoms with van der Waals surface area (Å²) in [7, 11) is 0. The van der Waals surface area contributed by atoms with Gasteiger partial charge in [0, 0.05) is 37.7 Å². The molecule has 17 heavy (non-hydrogen) atoms. The molecule has 0 saturated heterocycles. The summed E-state index contributed by atoms with van der Waals surface area (Å²) in [5, 5.41) is 9.05. The Balaban J connectivity index is 1.78. The number of fused-ring (bicyclic) bond motifs is 1. The minimum absolute atomic E-state index is 0.210. The summed E-state index contributed by atoms with van der Waals surface area (Å²) >= 11 is 0. The first-order valence-corrected chi connectivity index (χ1v) is 6.00. The van der Waals surface area contributed by atoms with E-state index in [1.807, 2.05) is 22.9 Å². The lowest BCUT2D eigenvalue weighted by molar-refractivity contribution is 0.182. The van der Waals surface area contributed by atoms with E-state index in [0.29, 0.717) is 6.04 Å². The first kappa shape index (κ1) is 10.7. The quantitative estimate of drug-likeness (QED) is 0.824. The number of imidazole rings is 1. The van der Waals surface area contributed by atoms with Crippen molar-refractivity contribution in [3.05, 3.63) is 30.4 Å². The second-order valence-corrected chi connectivity index (χ2v) is 4.48. The number of aliphatic hydroxyl groups is 1. The molecule has 1 fully saturated rings. The summed E-state index contributed by atoms with van der Waals surface area (Å²) < 4.78 is 1.93. The SMILES string of the molecule is OCCN(Cc1cn2cccnc2n1)C1CC1. The number of nitrogens with zero attached hydrogens (tertiary/aromatic N) is 4. The van der Waals surface area contributed by atoms with Gasteiger partial charge < -0.3 is 5.11 Å². The van der Waals surface area contributed by atoms with Crippen molar-refractivity contribution < 1.29 is 5.11 Å². The van der Waals surface area contributed by atoms with Crippen molar-refractivity contribution in [2.45, 2.75) is 25.4 Å². The van der Waals surface area contributed by atoms with Crippen LogP contribution in [-0.2, 0) is 6.54 Å². The van der Waals surface area contributed by atoms with E-state index in [1.54, 1.807) is 6.20 Å². The number of rotatable bonds is 5. The van der Waals surface area contributed by atoms with Crippen LogP contribution in [0, 0.1) is 0 Å². The molecule has 0 atom stereocenters. The van der Waals surface area contributed by atoms with Gasteiger partial charge in [-0.2, -0.15) is 0 Å². The summed E-state index contributed by atoms with van der Waals surface area (Å²) in [5.74, 6) is 0.738. The van der Waals surface area contributed by atoms with Crippen molar-refractivity contribution in [3.8, 4) is 0 Å². The van der Waals surface area contributed by atoms with Crippen LogP contribution in [0.4, 0.5) is 0 Å². The van der Waals surface area contributed by atoms with Crippen molar-refractivity contribution in [3.63, 3.8) is 0 Å². The topological polar surface area (TPSA) is 53.7 Å². The second kappa shape index (κ2) is 4.43. The van der Waals surface area contributed by atoms with Crippen LogP contribution in [-0.4, -0.2) is 43.6 Å². The number of aliphatic hydroxyl groups excluding tert-OH is 1. The summed E-state index contributed by atoms with van der Waals surface area (Å²) in [6, 6.07) is 2.53. The molecular formula is C12H16N4O. The maximum Gasteiger partial charge on any atom is 0.233 e. The minimum Gasteiger partial charge on any atom is -0.395 e. The third kappa shape index (κ3) is 2.30. The minimum atomic E-state index is 0.210. The largest absolute Gasteiger partial charge is 0.395 e. The molecule has 1 aliphatic rings. The van der Waals surface area contributed by atoms with E-state index in [2.05, 4.69) is 14.9 Å². The third-order valence-electron chi connectivity index (χ3n) is 3.10. The molecule has 1 N–H and O–H groups in total. The zero-order valence-electron chi connectivity index (χ0n) is 9.66. The summed E-state index contributed by atoms with van der Waals surface area (Å²) in [5.41, 5.74) is 1.02. The second-order valence-electron chi connectivity index (χ2n) is 4.48. The average Bonchev–Trinajstić information content (AvgIpc) is 3.09. The fourth-order valence-corrected chi connectivity index (χ4v) is 2.12. The van der Waals surface area contributed by atoms with Gasteiger partial charge in [-0.1, -0.05) is 0 Å². The molecule has 2 heterocycles. The number of aromatic nitrogens is 3. The van der Waals surface area contributed by atoms with Crippen molar-refractivity contribution >= 4 is 5.78 Å². The van der Waals surface area contributed by atoms with Crippen LogP contribution in [0.5, 0.6) is 0 Å². The first-order valence-electron chi connectivity index (χ1n) is 6.00. The van der Waals surface area contributed by atoms with E-state index in [1.165, 1.54) is 12.8 Å². The third-order valence-corrected chi connectivity index (χ3v) is 3.10. The van der Waals surface area contributed by atoms with Gasteiger partial charge in [0.25, 0.3) is 0 Å². The lowest BCUT2D eigenvalue weighted by atomic mass is 10.4.